The Morgan fingerprint density at radius 2 is 2.11 bits per heavy atom. The zero-order chi connectivity index (χ0) is 13.4. The molecule has 3 rings (SSSR count). The number of nitrogens with zero attached hydrogens (tertiary/aromatic N) is 2. The molecule has 0 amide bonds. The maximum absolute atomic E-state index is 6.08. The quantitative estimate of drug-likeness (QED) is 0.692. The molecule has 96 valence electrons. The lowest BCUT2D eigenvalue weighted by Crippen LogP contribution is -1.93. The lowest BCUT2D eigenvalue weighted by Gasteiger charge is -2.08. The van der Waals surface area contributed by atoms with E-state index in [9.17, 15) is 0 Å². The fourth-order valence-corrected chi connectivity index (χ4v) is 2.71. The number of aromatic nitrogens is 2. The Hall–Kier alpha value is -1.52. The summed E-state index contributed by atoms with van der Waals surface area (Å²) in [6.07, 6.45) is 1.96. The number of hydrogen-bond donors (Lipinski definition) is 0. The summed E-state index contributed by atoms with van der Waals surface area (Å²) in [5.41, 5.74) is 1.86. The number of ether oxygens (including phenoxy) is 1. The summed E-state index contributed by atoms with van der Waals surface area (Å²) in [4.78, 5) is 4.55. The minimum atomic E-state index is 0.652. The number of imidazole rings is 1. The molecule has 0 saturated carbocycles. The minimum Gasteiger partial charge on any atom is -0.496 e. The molecule has 0 unspecified atom stereocenters. The topological polar surface area (TPSA) is 26.5 Å². The summed E-state index contributed by atoms with van der Waals surface area (Å²) < 4.78 is 8.18. The number of rotatable bonds is 2. The molecule has 0 atom stereocenters. The highest BCUT2D eigenvalue weighted by molar-refractivity contribution is 9.10. The van der Waals surface area contributed by atoms with Crippen molar-refractivity contribution in [3.8, 4) is 17.1 Å². The molecule has 0 saturated heterocycles. The van der Waals surface area contributed by atoms with Crippen LogP contribution in [0.5, 0.6) is 5.75 Å². The monoisotopic (exact) mass is 336 g/mol. The number of hydrogen-bond acceptors (Lipinski definition) is 2. The third-order valence-electron chi connectivity index (χ3n) is 2.91. The summed E-state index contributed by atoms with van der Waals surface area (Å²) in [7, 11) is 1.64. The average molecular weight is 338 g/mol. The van der Waals surface area contributed by atoms with Crippen LogP contribution >= 0.6 is 27.5 Å². The first-order valence-corrected chi connectivity index (χ1v) is 6.84. The zero-order valence-corrected chi connectivity index (χ0v) is 12.4. The standard InChI is InChI=1S/C14H10BrClN2O/c1-19-12-6-5-9(16)8-10(12)14-17-13(15)11-4-2-3-7-18(11)14/h2-8H,1H3. The number of benzene rings is 1. The Kier molecular flexibility index (Phi) is 3.21. The predicted octanol–water partition coefficient (Wildman–Crippen LogP) is 4.43. The summed E-state index contributed by atoms with van der Waals surface area (Å²) >= 11 is 9.55. The molecule has 3 aromatic rings. The van der Waals surface area contributed by atoms with E-state index < -0.39 is 0 Å². The summed E-state index contributed by atoms with van der Waals surface area (Å²) in [5.74, 6) is 1.54. The van der Waals surface area contributed by atoms with Crippen LogP contribution in [0.4, 0.5) is 0 Å². The van der Waals surface area contributed by atoms with Crippen molar-refractivity contribution in [1.29, 1.82) is 0 Å². The first-order chi connectivity index (χ1) is 9.20. The van der Waals surface area contributed by atoms with E-state index in [0.29, 0.717) is 5.02 Å². The van der Waals surface area contributed by atoms with Crippen LogP contribution < -0.4 is 4.74 Å². The minimum absolute atomic E-state index is 0.652. The van der Waals surface area contributed by atoms with E-state index in [2.05, 4.69) is 20.9 Å². The van der Waals surface area contributed by atoms with E-state index in [4.69, 9.17) is 16.3 Å². The molecule has 5 heteroatoms. The molecule has 3 nitrogen and oxygen atoms in total. The van der Waals surface area contributed by atoms with Crippen LogP contribution in [0, 0.1) is 0 Å². The van der Waals surface area contributed by atoms with Gasteiger partial charge in [-0.15, -0.1) is 0 Å². The van der Waals surface area contributed by atoms with Gasteiger partial charge in [0.25, 0.3) is 0 Å². The first-order valence-electron chi connectivity index (χ1n) is 5.67. The molecular formula is C14H10BrClN2O. The molecule has 0 bridgehead atoms. The molecule has 0 spiro atoms. The summed E-state index contributed by atoms with van der Waals surface area (Å²) in [5, 5.41) is 0.652. The van der Waals surface area contributed by atoms with E-state index in [-0.39, 0.29) is 0 Å². The third-order valence-corrected chi connectivity index (χ3v) is 3.72. The molecule has 1 aromatic carbocycles. The summed E-state index contributed by atoms with van der Waals surface area (Å²) in [6, 6.07) is 11.4. The van der Waals surface area contributed by atoms with Gasteiger partial charge >= 0.3 is 0 Å². The van der Waals surface area contributed by atoms with Crippen LogP contribution in [-0.2, 0) is 0 Å². The second-order valence-electron chi connectivity index (χ2n) is 4.03. The molecule has 0 radical (unpaired) electrons. The SMILES string of the molecule is COc1ccc(Cl)cc1-c1nc(Br)c2ccccn12. The fourth-order valence-electron chi connectivity index (χ4n) is 2.04. The normalized spacial score (nSPS) is 10.9. The van der Waals surface area contributed by atoms with Gasteiger partial charge in [0.1, 0.15) is 16.2 Å². The third kappa shape index (κ3) is 2.11. The Labute approximate surface area is 123 Å². The van der Waals surface area contributed by atoms with Crippen molar-refractivity contribution in [2.75, 3.05) is 7.11 Å². The molecule has 2 aromatic heterocycles. The first kappa shape index (κ1) is 12.5. The van der Waals surface area contributed by atoms with Gasteiger partial charge in [-0.1, -0.05) is 17.7 Å². The Morgan fingerprint density at radius 1 is 1.26 bits per heavy atom. The molecule has 0 fully saturated rings. The maximum Gasteiger partial charge on any atom is 0.149 e. The largest absolute Gasteiger partial charge is 0.496 e. The number of halogens is 2. The van der Waals surface area contributed by atoms with Crippen molar-refractivity contribution in [3.63, 3.8) is 0 Å². The molecule has 0 aliphatic carbocycles. The maximum atomic E-state index is 6.08. The van der Waals surface area contributed by atoms with Crippen molar-refractivity contribution in [2.24, 2.45) is 0 Å². The van der Waals surface area contributed by atoms with Crippen LogP contribution in [0.3, 0.4) is 0 Å². The molecule has 19 heavy (non-hydrogen) atoms. The van der Waals surface area contributed by atoms with Gasteiger partial charge in [0.2, 0.25) is 0 Å². The highest BCUT2D eigenvalue weighted by atomic mass is 79.9. The Balaban J connectivity index is 2.33. The van der Waals surface area contributed by atoms with Crippen LogP contribution in [0.25, 0.3) is 16.9 Å². The van der Waals surface area contributed by atoms with E-state index in [1.54, 1.807) is 13.2 Å². The number of methoxy groups -OCH3 is 1. The lowest BCUT2D eigenvalue weighted by molar-refractivity contribution is 0.416. The lowest BCUT2D eigenvalue weighted by atomic mass is 10.2. The molecule has 2 heterocycles. The second-order valence-corrected chi connectivity index (χ2v) is 5.21. The van der Waals surface area contributed by atoms with Gasteiger partial charge in [-0.05, 0) is 46.3 Å². The van der Waals surface area contributed by atoms with Crippen LogP contribution in [0.1, 0.15) is 0 Å². The molecule has 0 N–H and O–H groups in total. The number of pyridine rings is 1. The zero-order valence-electron chi connectivity index (χ0n) is 10.1. The van der Waals surface area contributed by atoms with E-state index in [1.807, 2.05) is 40.9 Å². The van der Waals surface area contributed by atoms with E-state index >= 15 is 0 Å². The van der Waals surface area contributed by atoms with Crippen LogP contribution in [0.2, 0.25) is 5.02 Å². The van der Waals surface area contributed by atoms with Gasteiger partial charge in [0.05, 0.1) is 18.2 Å². The van der Waals surface area contributed by atoms with E-state index in [1.165, 1.54) is 0 Å². The predicted molar refractivity (Wildman–Crippen MR) is 79.9 cm³/mol. The highest BCUT2D eigenvalue weighted by Gasteiger charge is 2.14. The number of fused-ring (bicyclic) bond motifs is 1. The Morgan fingerprint density at radius 3 is 2.89 bits per heavy atom. The van der Waals surface area contributed by atoms with Gasteiger partial charge in [-0.25, -0.2) is 4.98 Å². The Bertz CT molecular complexity index is 754. The van der Waals surface area contributed by atoms with E-state index in [0.717, 1.165) is 27.3 Å². The van der Waals surface area contributed by atoms with Crippen molar-refractivity contribution in [3.05, 3.63) is 52.2 Å². The van der Waals surface area contributed by atoms with Crippen molar-refractivity contribution in [2.45, 2.75) is 0 Å². The summed E-state index contributed by atoms with van der Waals surface area (Å²) in [6.45, 7) is 0. The van der Waals surface area contributed by atoms with Crippen LogP contribution in [-0.4, -0.2) is 16.5 Å². The van der Waals surface area contributed by atoms with Crippen LogP contribution in [0.15, 0.2) is 47.2 Å². The van der Waals surface area contributed by atoms with Crippen molar-refractivity contribution >= 4 is 33.0 Å². The van der Waals surface area contributed by atoms with Gasteiger partial charge in [0.15, 0.2) is 0 Å². The van der Waals surface area contributed by atoms with Crippen molar-refractivity contribution < 1.29 is 4.74 Å². The molecule has 0 aliphatic rings. The second kappa shape index (κ2) is 4.87. The van der Waals surface area contributed by atoms with Crippen molar-refractivity contribution in [1.82, 2.24) is 9.38 Å². The van der Waals surface area contributed by atoms with Gasteiger partial charge in [-0.3, -0.25) is 4.40 Å². The van der Waals surface area contributed by atoms with Gasteiger partial charge < -0.3 is 4.74 Å². The fraction of sp³-hybridized carbons (Fsp3) is 0.0714. The van der Waals surface area contributed by atoms with Gasteiger partial charge in [0, 0.05) is 11.2 Å². The molecule has 0 aliphatic heterocycles. The highest BCUT2D eigenvalue weighted by Crippen LogP contribution is 2.34. The average Bonchev–Trinajstić information content (AvgIpc) is 2.77. The molecular weight excluding hydrogens is 328 g/mol. The smallest absolute Gasteiger partial charge is 0.149 e. The van der Waals surface area contributed by atoms with Gasteiger partial charge in [-0.2, -0.15) is 0 Å².